The fraction of sp³-hybridized carbons (Fsp3) is 0.533. The predicted molar refractivity (Wildman–Crippen MR) is 77.8 cm³/mol. The zero-order chi connectivity index (χ0) is 13.9. The molecule has 0 amide bonds. The van der Waals surface area contributed by atoms with E-state index in [2.05, 4.69) is 15.2 Å². The number of amidine groups is 1. The van der Waals surface area contributed by atoms with Crippen molar-refractivity contribution in [3.63, 3.8) is 0 Å². The van der Waals surface area contributed by atoms with Crippen molar-refractivity contribution in [1.82, 2.24) is 5.32 Å². The molecular formula is C15H20FN3O. The molecule has 1 fully saturated rings. The summed E-state index contributed by atoms with van der Waals surface area (Å²) in [6.07, 6.45) is 1.85. The lowest BCUT2D eigenvalue weighted by molar-refractivity contribution is 0.203. The van der Waals surface area contributed by atoms with E-state index < -0.39 is 0 Å². The van der Waals surface area contributed by atoms with E-state index in [4.69, 9.17) is 5.11 Å². The first kappa shape index (κ1) is 13.4. The van der Waals surface area contributed by atoms with Crippen LogP contribution >= 0.6 is 0 Å². The maximum absolute atomic E-state index is 14.3. The highest BCUT2D eigenvalue weighted by atomic mass is 19.1. The van der Waals surface area contributed by atoms with Crippen molar-refractivity contribution in [2.45, 2.75) is 12.8 Å². The second kappa shape index (κ2) is 5.79. The van der Waals surface area contributed by atoms with Gasteiger partial charge in [0.05, 0.1) is 12.2 Å². The minimum absolute atomic E-state index is 0.193. The molecule has 0 saturated carbocycles. The van der Waals surface area contributed by atoms with Crippen LogP contribution in [0.4, 0.5) is 10.1 Å². The highest BCUT2D eigenvalue weighted by molar-refractivity contribution is 6.00. The Morgan fingerprint density at radius 3 is 2.75 bits per heavy atom. The van der Waals surface area contributed by atoms with Crippen LogP contribution in [0.15, 0.2) is 23.2 Å². The van der Waals surface area contributed by atoms with Gasteiger partial charge in [-0.05, 0) is 37.0 Å². The first-order valence-electron chi connectivity index (χ1n) is 7.22. The number of rotatable bonds is 3. The number of nitrogens with one attached hydrogen (secondary N) is 1. The third-order valence-electron chi connectivity index (χ3n) is 4.11. The smallest absolute Gasteiger partial charge is 0.147 e. The molecule has 0 radical (unpaired) electrons. The molecule has 0 unspecified atom stereocenters. The fourth-order valence-corrected chi connectivity index (χ4v) is 2.86. The zero-order valence-electron chi connectivity index (χ0n) is 11.5. The Kier molecular flexibility index (Phi) is 3.87. The van der Waals surface area contributed by atoms with Crippen molar-refractivity contribution in [3.05, 3.63) is 29.6 Å². The third-order valence-corrected chi connectivity index (χ3v) is 4.11. The largest absolute Gasteiger partial charge is 0.396 e. The average Bonchev–Trinajstić information content (AvgIpc) is 3.01. The van der Waals surface area contributed by atoms with Crippen molar-refractivity contribution in [2.75, 3.05) is 37.7 Å². The summed E-state index contributed by atoms with van der Waals surface area (Å²) in [6.45, 7) is 3.43. The quantitative estimate of drug-likeness (QED) is 0.877. The topological polar surface area (TPSA) is 47.9 Å². The summed E-state index contributed by atoms with van der Waals surface area (Å²) in [5.41, 5.74) is 1.47. The number of piperidine rings is 1. The Balaban J connectivity index is 1.74. The van der Waals surface area contributed by atoms with Crippen LogP contribution in [-0.2, 0) is 0 Å². The summed E-state index contributed by atoms with van der Waals surface area (Å²) in [4.78, 5) is 6.37. The molecule has 0 spiro atoms. The van der Waals surface area contributed by atoms with Crippen molar-refractivity contribution < 1.29 is 9.50 Å². The first-order chi connectivity index (χ1) is 9.78. The molecular weight excluding hydrogens is 257 g/mol. The van der Waals surface area contributed by atoms with Crippen molar-refractivity contribution >= 4 is 11.5 Å². The monoisotopic (exact) mass is 277 g/mol. The molecule has 20 heavy (non-hydrogen) atoms. The van der Waals surface area contributed by atoms with Gasteiger partial charge in [-0.25, -0.2) is 4.39 Å². The van der Waals surface area contributed by atoms with Crippen LogP contribution in [0.2, 0.25) is 0 Å². The standard InChI is InChI=1S/C15H20FN3O/c16-13-9-12(15-17-5-6-18-15)1-2-14(13)19-7-3-11(10-20)4-8-19/h1-2,9,11,20H,3-8,10H2,(H,17,18). The number of halogens is 1. The van der Waals surface area contributed by atoms with Gasteiger partial charge in [-0.1, -0.05) is 0 Å². The number of nitrogens with zero attached hydrogens (tertiary/aromatic N) is 2. The average molecular weight is 277 g/mol. The molecule has 4 nitrogen and oxygen atoms in total. The van der Waals surface area contributed by atoms with Crippen LogP contribution in [0.1, 0.15) is 18.4 Å². The molecule has 2 aliphatic heterocycles. The molecule has 3 rings (SSSR count). The van der Waals surface area contributed by atoms with Gasteiger partial charge < -0.3 is 15.3 Å². The van der Waals surface area contributed by atoms with E-state index in [1.807, 2.05) is 12.1 Å². The Labute approximate surface area is 118 Å². The van der Waals surface area contributed by atoms with Crippen LogP contribution in [0.5, 0.6) is 0 Å². The van der Waals surface area contributed by atoms with E-state index in [0.29, 0.717) is 11.6 Å². The number of benzene rings is 1. The molecule has 0 aliphatic carbocycles. The summed E-state index contributed by atoms with van der Waals surface area (Å²) >= 11 is 0. The number of aliphatic hydroxyl groups is 1. The van der Waals surface area contributed by atoms with Crippen molar-refractivity contribution in [1.29, 1.82) is 0 Å². The highest BCUT2D eigenvalue weighted by Gasteiger charge is 2.21. The minimum atomic E-state index is -0.193. The Morgan fingerprint density at radius 1 is 1.35 bits per heavy atom. The Hall–Kier alpha value is -1.62. The first-order valence-corrected chi connectivity index (χ1v) is 7.22. The van der Waals surface area contributed by atoms with Gasteiger partial charge >= 0.3 is 0 Å². The molecule has 2 N–H and O–H groups in total. The van der Waals surface area contributed by atoms with E-state index in [9.17, 15) is 4.39 Å². The number of hydrogen-bond acceptors (Lipinski definition) is 4. The predicted octanol–water partition coefficient (Wildman–Crippen LogP) is 1.38. The van der Waals surface area contributed by atoms with Crippen LogP contribution in [0, 0.1) is 11.7 Å². The van der Waals surface area contributed by atoms with Gasteiger partial charge in [0.2, 0.25) is 0 Å². The van der Waals surface area contributed by atoms with Crippen molar-refractivity contribution in [3.8, 4) is 0 Å². The molecule has 0 aromatic heterocycles. The lowest BCUT2D eigenvalue weighted by atomic mass is 9.97. The van der Waals surface area contributed by atoms with Gasteiger partial charge in [0.1, 0.15) is 11.7 Å². The Bertz CT molecular complexity index is 510. The lowest BCUT2D eigenvalue weighted by Crippen LogP contribution is -2.35. The minimum Gasteiger partial charge on any atom is -0.396 e. The molecule has 1 saturated heterocycles. The van der Waals surface area contributed by atoms with Gasteiger partial charge in [-0.3, -0.25) is 4.99 Å². The van der Waals surface area contributed by atoms with Crippen LogP contribution in [0.25, 0.3) is 0 Å². The highest BCUT2D eigenvalue weighted by Crippen LogP contribution is 2.26. The Morgan fingerprint density at radius 2 is 2.15 bits per heavy atom. The number of hydrogen-bond donors (Lipinski definition) is 2. The molecule has 0 bridgehead atoms. The number of aliphatic imine (C=N–C) groups is 1. The lowest BCUT2D eigenvalue weighted by Gasteiger charge is -2.33. The second-order valence-corrected chi connectivity index (χ2v) is 5.44. The molecule has 2 aliphatic rings. The van der Waals surface area contributed by atoms with E-state index >= 15 is 0 Å². The van der Waals surface area contributed by atoms with E-state index in [-0.39, 0.29) is 12.4 Å². The molecule has 0 atom stereocenters. The summed E-state index contributed by atoms with van der Waals surface area (Å²) in [5, 5.41) is 12.3. The fourth-order valence-electron chi connectivity index (χ4n) is 2.86. The normalized spacial score (nSPS) is 19.9. The number of aliphatic hydroxyl groups excluding tert-OH is 1. The summed E-state index contributed by atoms with van der Waals surface area (Å²) in [5.74, 6) is 0.960. The summed E-state index contributed by atoms with van der Waals surface area (Å²) in [7, 11) is 0. The van der Waals surface area contributed by atoms with E-state index in [1.54, 1.807) is 6.07 Å². The van der Waals surface area contributed by atoms with Gasteiger partial charge in [-0.2, -0.15) is 0 Å². The third kappa shape index (κ3) is 2.63. The van der Waals surface area contributed by atoms with Gasteiger partial charge in [0.25, 0.3) is 0 Å². The molecule has 2 heterocycles. The second-order valence-electron chi connectivity index (χ2n) is 5.44. The van der Waals surface area contributed by atoms with Gasteiger partial charge in [-0.15, -0.1) is 0 Å². The maximum Gasteiger partial charge on any atom is 0.147 e. The van der Waals surface area contributed by atoms with Crippen LogP contribution in [0.3, 0.4) is 0 Å². The van der Waals surface area contributed by atoms with E-state index in [1.165, 1.54) is 0 Å². The summed E-state index contributed by atoms with van der Waals surface area (Å²) in [6, 6.07) is 5.32. The SMILES string of the molecule is OCC1CCN(c2ccc(C3=NCCN3)cc2F)CC1. The molecule has 1 aromatic carbocycles. The molecule has 108 valence electrons. The van der Waals surface area contributed by atoms with Gasteiger partial charge in [0.15, 0.2) is 0 Å². The summed E-state index contributed by atoms with van der Waals surface area (Å²) < 4.78 is 14.3. The molecule has 1 aromatic rings. The zero-order valence-corrected chi connectivity index (χ0v) is 11.5. The van der Waals surface area contributed by atoms with Crippen LogP contribution in [-0.4, -0.2) is 43.7 Å². The molecule has 5 heteroatoms. The van der Waals surface area contributed by atoms with Crippen LogP contribution < -0.4 is 10.2 Å². The van der Waals surface area contributed by atoms with E-state index in [0.717, 1.165) is 50.4 Å². The van der Waals surface area contributed by atoms with Gasteiger partial charge in [0, 0.05) is 31.8 Å². The maximum atomic E-state index is 14.3. The van der Waals surface area contributed by atoms with Crippen molar-refractivity contribution in [2.24, 2.45) is 10.9 Å². The number of anilines is 1.